The number of anilines is 2. The van der Waals surface area contributed by atoms with Gasteiger partial charge in [0.05, 0.1) is 22.5 Å². The van der Waals surface area contributed by atoms with Gasteiger partial charge in [-0.15, -0.1) is 11.8 Å². The van der Waals surface area contributed by atoms with Gasteiger partial charge in [-0.1, -0.05) is 58.3 Å². The third-order valence-electron chi connectivity index (χ3n) is 10.0. The van der Waals surface area contributed by atoms with Gasteiger partial charge in [0, 0.05) is 32.3 Å². The quantitative estimate of drug-likeness (QED) is 0.230. The number of carbonyl (C=O) groups is 3. The van der Waals surface area contributed by atoms with Crippen molar-refractivity contribution in [2.75, 3.05) is 16.8 Å². The monoisotopic (exact) mass is 671 g/mol. The molecule has 8 nitrogen and oxygen atoms in total. The number of aromatic nitrogens is 1. The molecule has 4 aromatic rings. The number of fused-ring (bicyclic) bond motifs is 9. The molecule has 3 aromatic carbocycles. The molecule has 2 bridgehead atoms. The predicted molar refractivity (Wildman–Crippen MR) is 179 cm³/mol. The van der Waals surface area contributed by atoms with Crippen molar-refractivity contribution in [2.24, 2.45) is 29.6 Å². The molecule has 0 radical (unpaired) electrons. The maximum atomic E-state index is 14.1. The van der Waals surface area contributed by atoms with Crippen LogP contribution < -0.4 is 19.8 Å². The molecule has 1 aromatic heterocycles. The van der Waals surface area contributed by atoms with Crippen molar-refractivity contribution < 1.29 is 19.1 Å². The first-order valence-corrected chi connectivity index (χ1v) is 17.4. The molecule has 2 N–H and O–H groups in total. The Morgan fingerprint density at radius 3 is 2.35 bits per heavy atom. The molecule has 234 valence electrons. The number of thiazole rings is 1. The number of amides is 3. The molecule has 8 rings (SSSR count). The second-order valence-corrected chi connectivity index (χ2v) is 15.3. The molecular weight excluding hydrogens is 642 g/mol. The highest BCUT2D eigenvalue weighted by atomic mass is 35.5. The third kappa shape index (κ3) is 4.72. The number of ether oxygens (including phenoxy) is 1. The maximum Gasteiger partial charge on any atom is 0.305 e. The Bertz CT molecular complexity index is 1960. The highest BCUT2D eigenvalue weighted by molar-refractivity contribution is 8.00. The van der Waals surface area contributed by atoms with Crippen molar-refractivity contribution in [3.8, 4) is 5.75 Å². The van der Waals surface area contributed by atoms with E-state index >= 15 is 0 Å². The molecular formula is C35H30ClN3O5S2. The summed E-state index contributed by atoms with van der Waals surface area (Å²) in [7, 11) is 0. The Morgan fingerprint density at radius 2 is 1.63 bits per heavy atom. The van der Waals surface area contributed by atoms with Gasteiger partial charge in [0.2, 0.25) is 11.8 Å². The zero-order chi connectivity index (χ0) is 31.9. The second kappa shape index (κ2) is 11.1. The Hall–Kier alpha value is -3.86. The summed E-state index contributed by atoms with van der Waals surface area (Å²) in [6, 6.07) is 20.4. The van der Waals surface area contributed by atoms with E-state index in [1.165, 1.54) is 4.90 Å². The van der Waals surface area contributed by atoms with E-state index in [1.54, 1.807) is 23.9 Å². The van der Waals surface area contributed by atoms with Crippen molar-refractivity contribution >= 4 is 63.8 Å². The van der Waals surface area contributed by atoms with Crippen LogP contribution in [0.3, 0.4) is 0 Å². The number of imide groups is 1. The molecule has 11 heteroatoms. The van der Waals surface area contributed by atoms with Gasteiger partial charge in [0.25, 0.3) is 5.91 Å². The lowest BCUT2D eigenvalue weighted by Crippen LogP contribution is -2.42. The average Bonchev–Trinajstić information content (AvgIpc) is 3.77. The van der Waals surface area contributed by atoms with Crippen LogP contribution in [0.1, 0.15) is 33.9 Å². The number of halogens is 1. The topological polar surface area (TPSA) is 109 Å². The molecule has 0 spiro atoms. The summed E-state index contributed by atoms with van der Waals surface area (Å²) >= 11 is 9.38. The van der Waals surface area contributed by atoms with Crippen molar-refractivity contribution in [1.82, 2.24) is 4.98 Å². The highest BCUT2D eigenvalue weighted by Gasteiger charge is 2.69. The minimum Gasteiger partial charge on any atom is -0.483 e. The summed E-state index contributed by atoms with van der Waals surface area (Å²) in [6.45, 7) is 3.74. The lowest BCUT2D eigenvalue weighted by atomic mass is 9.68. The molecule has 4 aliphatic rings. The van der Waals surface area contributed by atoms with Crippen molar-refractivity contribution in [1.29, 1.82) is 0 Å². The van der Waals surface area contributed by atoms with E-state index in [0.717, 1.165) is 44.4 Å². The number of nitrogens with one attached hydrogen (secondary N) is 2. The number of hydrogen-bond acceptors (Lipinski definition) is 7. The van der Waals surface area contributed by atoms with Crippen molar-refractivity contribution in [2.45, 2.75) is 36.5 Å². The first-order chi connectivity index (χ1) is 22.2. The highest BCUT2D eigenvalue weighted by Crippen LogP contribution is 2.69. The standard InChI is InChI=1S/C35H30ClN3O5S2/c1-16-3-8-19(9-4-16)37-25(40)15-44-24-12-7-18(36)13-21(24)26-27-22-14-23(30(27)45-32-31(26)46-35(43)38-32)29-28(22)33(41)39(34(29)42)20-10-5-17(2)6-11-20/h3-13,22-23,26-30H,14-15H2,1-2H3,(H,37,40)(H,38,43)/t22-,23-,26-,27?,28?,29?,30?/m1/s1. The third-order valence-corrected chi connectivity index (χ3v) is 12.8. The van der Waals surface area contributed by atoms with E-state index < -0.39 is 5.92 Å². The molecule has 1 saturated heterocycles. The number of carbonyl (C=O) groups excluding carboxylic acids is 3. The number of thioether (sulfide) groups is 1. The summed E-state index contributed by atoms with van der Waals surface area (Å²) in [5, 5.41) is 4.18. The Balaban J connectivity index is 1.14. The van der Waals surface area contributed by atoms with Crippen LogP contribution in [0.25, 0.3) is 0 Å². The fourth-order valence-corrected chi connectivity index (χ4v) is 11.2. The summed E-state index contributed by atoms with van der Waals surface area (Å²) in [5.74, 6) is -1.30. The van der Waals surface area contributed by atoms with Crippen LogP contribution in [-0.4, -0.2) is 34.6 Å². The molecule has 3 heterocycles. The van der Waals surface area contributed by atoms with E-state index in [9.17, 15) is 19.2 Å². The minimum absolute atomic E-state index is 0.0141. The molecule has 2 aliphatic heterocycles. The largest absolute Gasteiger partial charge is 0.483 e. The van der Waals surface area contributed by atoms with Crippen LogP contribution in [0.15, 0.2) is 76.6 Å². The molecule has 3 fully saturated rings. The van der Waals surface area contributed by atoms with E-state index in [2.05, 4.69) is 10.3 Å². The fraction of sp³-hybridized carbons (Fsp3) is 0.314. The van der Waals surface area contributed by atoms with Crippen LogP contribution in [0, 0.1) is 43.4 Å². The molecule has 2 aliphatic carbocycles. The zero-order valence-electron chi connectivity index (χ0n) is 25.0. The fourth-order valence-electron chi connectivity index (χ4n) is 8.18. The van der Waals surface area contributed by atoms with Gasteiger partial charge in [-0.05, 0) is 80.5 Å². The van der Waals surface area contributed by atoms with Crippen LogP contribution in [0.5, 0.6) is 5.75 Å². The number of aryl methyl sites for hydroxylation is 2. The Labute approximate surface area is 278 Å². The SMILES string of the molecule is Cc1ccc(NC(=O)COc2ccc(Cl)cc2[C@H]2c3sc(=O)[nH]c3SC3C2[C@H]2C[C@@H]3C3C(=O)N(c4ccc(C)cc4)C(=O)C32)cc1. The molecule has 2 saturated carbocycles. The van der Waals surface area contributed by atoms with Crippen LogP contribution in [0.4, 0.5) is 11.4 Å². The van der Waals surface area contributed by atoms with Crippen molar-refractivity contribution in [3.63, 3.8) is 0 Å². The van der Waals surface area contributed by atoms with Gasteiger partial charge >= 0.3 is 4.87 Å². The van der Waals surface area contributed by atoms with Crippen LogP contribution >= 0.6 is 34.7 Å². The Kier molecular flexibility index (Phi) is 7.15. The lowest BCUT2D eigenvalue weighted by molar-refractivity contribution is -0.123. The zero-order valence-corrected chi connectivity index (χ0v) is 27.4. The van der Waals surface area contributed by atoms with Gasteiger partial charge in [-0.25, -0.2) is 0 Å². The number of aromatic amines is 1. The summed E-state index contributed by atoms with van der Waals surface area (Å²) < 4.78 is 6.17. The van der Waals surface area contributed by atoms with E-state index in [4.69, 9.17) is 16.3 Å². The van der Waals surface area contributed by atoms with Crippen LogP contribution in [0.2, 0.25) is 5.02 Å². The summed E-state index contributed by atoms with van der Waals surface area (Å²) in [6.07, 6.45) is 0.766. The summed E-state index contributed by atoms with van der Waals surface area (Å²) in [5.41, 5.74) is 4.21. The Morgan fingerprint density at radius 1 is 0.957 bits per heavy atom. The lowest BCUT2D eigenvalue weighted by Gasteiger charge is -2.43. The normalized spacial score (nSPS) is 27.4. The van der Waals surface area contributed by atoms with E-state index in [1.807, 2.05) is 68.4 Å². The summed E-state index contributed by atoms with van der Waals surface area (Å²) in [4.78, 5) is 58.7. The van der Waals surface area contributed by atoms with Crippen LogP contribution in [-0.2, 0) is 14.4 Å². The number of benzene rings is 3. The van der Waals surface area contributed by atoms with E-state index in [-0.39, 0.29) is 64.0 Å². The molecule has 46 heavy (non-hydrogen) atoms. The molecule has 7 atom stereocenters. The minimum atomic E-state index is -0.427. The first-order valence-electron chi connectivity index (χ1n) is 15.3. The second-order valence-electron chi connectivity index (χ2n) is 12.7. The van der Waals surface area contributed by atoms with Gasteiger partial charge < -0.3 is 15.0 Å². The van der Waals surface area contributed by atoms with Gasteiger partial charge in [0.15, 0.2) is 6.61 Å². The van der Waals surface area contributed by atoms with Gasteiger partial charge in [0.1, 0.15) is 5.75 Å². The van der Waals surface area contributed by atoms with Crippen molar-refractivity contribution in [3.05, 3.63) is 103 Å². The predicted octanol–water partition coefficient (Wildman–Crippen LogP) is 6.40. The van der Waals surface area contributed by atoms with Gasteiger partial charge in [-0.2, -0.15) is 0 Å². The smallest absolute Gasteiger partial charge is 0.305 e. The van der Waals surface area contributed by atoms with Gasteiger partial charge in [-0.3, -0.25) is 24.1 Å². The molecule has 4 unspecified atom stereocenters. The number of rotatable bonds is 6. The average molecular weight is 672 g/mol. The number of hydrogen-bond donors (Lipinski definition) is 2. The number of H-pyrrole nitrogens is 1. The maximum absolute atomic E-state index is 14.1. The van der Waals surface area contributed by atoms with E-state index in [0.29, 0.717) is 22.1 Å². The first kappa shape index (κ1) is 29.5. The molecule has 3 amide bonds. The number of nitrogens with zero attached hydrogens (tertiary/aromatic N) is 1.